The van der Waals surface area contributed by atoms with Gasteiger partial charge in [0.25, 0.3) is 0 Å². The Balaban J connectivity index is 2.17. The minimum atomic E-state index is -3.22. The Morgan fingerprint density at radius 1 is 0.846 bits per heavy atom. The summed E-state index contributed by atoms with van der Waals surface area (Å²) in [6.45, 7) is 3.75. The molecule has 0 aliphatic carbocycles. The predicted molar refractivity (Wildman–Crippen MR) is 107 cm³/mol. The highest BCUT2D eigenvalue weighted by Crippen LogP contribution is 2.43. The van der Waals surface area contributed by atoms with Gasteiger partial charge >= 0.3 is 0 Å². The minimum Gasteiger partial charge on any atom is -0.296 e. The number of aryl methyl sites for hydroxylation is 1. The van der Waals surface area contributed by atoms with Crippen LogP contribution in [0.2, 0.25) is 0 Å². The molecule has 0 bridgehead atoms. The van der Waals surface area contributed by atoms with Crippen molar-refractivity contribution in [3.8, 4) is 6.07 Å². The Morgan fingerprint density at radius 3 is 1.77 bits per heavy atom. The highest BCUT2D eigenvalue weighted by atomic mass is 31.2. The average molecular weight is 360 g/mol. The zero-order valence-electron chi connectivity index (χ0n) is 14.9. The molecule has 1 atom stereocenters. The monoisotopic (exact) mass is 360 g/mol. The lowest BCUT2D eigenvalue weighted by Crippen LogP contribution is -2.41. The molecule has 0 amide bonds. The largest absolute Gasteiger partial charge is 0.296 e. The van der Waals surface area contributed by atoms with E-state index in [2.05, 4.69) is 11.2 Å². The number of nitrogens with zero attached hydrogens (tertiary/aromatic N) is 1. The van der Waals surface area contributed by atoms with Crippen LogP contribution in [-0.4, -0.2) is 0 Å². The number of nitriles is 1. The van der Waals surface area contributed by atoms with Crippen LogP contribution < -0.4 is 15.7 Å². The first-order valence-corrected chi connectivity index (χ1v) is 10.2. The van der Waals surface area contributed by atoms with Crippen molar-refractivity contribution in [2.24, 2.45) is 0 Å². The lowest BCUT2D eigenvalue weighted by Gasteiger charge is -2.31. The molecule has 0 spiro atoms. The molecule has 0 fully saturated rings. The molecule has 3 aromatic rings. The van der Waals surface area contributed by atoms with Crippen LogP contribution in [0.3, 0.4) is 0 Å². The molecule has 0 aliphatic rings. The summed E-state index contributed by atoms with van der Waals surface area (Å²) in [4.78, 5) is 0. The van der Waals surface area contributed by atoms with Gasteiger partial charge in [-0.3, -0.25) is 4.57 Å². The second-order valence-corrected chi connectivity index (χ2v) is 8.92. The molecule has 3 rings (SSSR count). The number of hydrogen-bond acceptors (Lipinski definition) is 2. The Hall–Kier alpha value is -2.66. The average Bonchev–Trinajstić information content (AvgIpc) is 2.69. The molecule has 0 radical (unpaired) electrons. The van der Waals surface area contributed by atoms with Gasteiger partial charge in [0.05, 0.1) is 6.07 Å². The van der Waals surface area contributed by atoms with Gasteiger partial charge in [-0.2, -0.15) is 5.26 Å². The van der Waals surface area contributed by atoms with Gasteiger partial charge < -0.3 is 0 Å². The molecule has 3 nitrogen and oxygen atoms in total. The molecular weight excluding hydrogens is 339 g/mol. The Bertz CT molecular complexity index is 936. The number of benzene rings is 3. The molecule has 0 unspecified atom stereocenters. The highest BCUT2D eigenvalue weighted by Gasteiger charge is 2.38. The molecular formula is C22H21N2OP. The molecule has 0 aromatic heterocycles. The Labute approximate surface area is 154 Å². The third-order valence-electron chi connectivity index (χ3n) is 4.53. The van der Waals surface area contributed by atoms with E-state index in [4.69, 9.17) is 0 Å². The van der Waals surface area contributed by atoms with Crippen molar-refractivity contribution in [1.29, 1.82) is 5.26 Å². The van der Waals surface area contributed by atoms with E-state index < -0.39 is 12.8 Å². The molecule has 0 saturated heterocycles. The van der Waals surface area contributed by atoms with E-state index in [-0.39, 0.29) is 0 Å². The van der Waals surface area contributed by atoms with Gasteiger partial charge in [-0.15, -0.1) is 0 Å². The minimum absolute atomic E-state index is 0.682. The maximum absolute atomic E-state index is 14.2. The molecule has 4 heteroatoms. The molecule has 3 aromatic carbocycles. The van der Waals surface area contributed by atoms with E-state index in [0.29, 0.717) is 10.6 Å². The Kier molecular flexibility index (Phi) is 5.09. The SMILES string of the molecule is Cc1ccccc1[C@@](C)(C#N)NP(=O)(c1ccccc1)c1ccccc1. The van der Waals surface area contributed by atoms with Crippen molar-refractivity contribution in [3.05, 3.63) is 96.1 Å². The quantitative estimate of drug-likeness (QED) is 0.692. The van der Waals surface area contributed by atoms with Crippen LogP contribution in [0.5, 0.6) is 0 Å². The predicted octanol–water partition coefficient (Wildman–Crippen LogP) is 4.25. The fourth-order valence-corrected chi connectivity index (χ4v) is 5.69. The van der Waals surface area contributed by atoms with Crippen molar-refractivity contribution in [1.82, 2.24) is 5.09 Å². The Morgan fingerprint density at radius 2 is 1.31 bits per heavy atom. The van der Waals surface area contributed by atoms with Crippen LogP contribution in [0.4, 0.5) is 0 Å². The highest BCUT2D eigenvalue weighted by molar-refractivity contribution is 7.77. The van der Waals surface area contributed by atoms with Crippen LogP contribution >= 0.6 is 7.29 Å². The van der Waals surface area contributed by atoms with Crippen molar-refractivity contribution in [3.63, 3.8) is 0 Å². The van der Waals surface area contributed by atoms with E-state index in [1.165, 1.54) is 0 Å². The summed E-state index contributed by atoms with van der Waals surface area (Å²) in [7, 11) is -3.22. The van der Waals surface area contributed by atoms with E-state index >= 15 is 0 Å². The molecule has 130 valence electrons. The molecule has 26 heavy (non-hydrogen) atoms. The lowest BCUT2D eigenvalue weighted by atomic mass is 9.91. The molecule has 0 heterocycles. The normalized spacial score (nSPS) is 13.6. The third-order valence-corrected chi connectivity index (χ3v) is 7.34. The lowest BCUT2D eigenvalue weighted by molar-refractivity contribution is 0.531. The van der Waals surface area contributed by atoms with E-state index in [1.807, 2.05) is 91.9 Å². The molecule has 0 saturated carbocycles. The third kappa shape index (κ3) is 3.35. The summed E-state index contributed by atoms with van der Waals surface area (Å²) in [5, 5.41) is 14.6. The summed E-state index contributed by atoms with van der Waals surface area (Å²) < 4.78 is 14.2. The van der Waals surface area contributed by atoms with Crippen LogP contribution in [0.1, 0.15) is 18.1 Å². The van der Waals surface area contributed by atoms with Crippen molar-refractivity contribution in [2.75, 3.05) is 0 Å². The van der Waals surface area contributed by atoms with Gasteiger partial charge in [0, 0.05) is 10.6 Å². The summed E-state index contributed by atoms with van der Waals surface area (Å²) >= 11 is 0. The first kappa shape index (κ1) is 18.1. The van der Waals surface area contributed by atoms with Gasteiger partial charge in [0.1, 0.15) is 5.54 Å². The first-order chi connectivity index (χ1) is 12.5. The zero-order valence-corrected chi connectivity index (χ0v) is 15.8. The van der Waals surface area contributed by atoms with Gasteiger partial charge in [0.15, 0.2) is 0 Å². The van der Waals surface area contributed by atoms with Gasteiger partial charge in [-0.25, -0.2) is 5.09 Å². The first-order valence-electron chi connectivity index (χ1n) is 8.48. The summed E-state index contributed by atoms with van der Waals surface area (Å²) in [5.74, 6) is 0. The van der Waals surface area contributed by atoms with Gasteiger partial charge in [0.2, 0.25) is 7.29 Å². The maximum Gasteiger partial charge on any atom is 0.206 e. The van der Waals surface area contributed by atoms with Crippen LogP contribution in [0, 0.1) is 18.3 Å². The van der Waals surface area contributed by atoms with E-state index in [9.17, 15) is 9.83 Å². The number of rotatable bonds is 5. The summed E-state index contributed by atoms with van der Waals surface area (Å²) in [6, 6.07) is 28.7. The van der Waals surface area contributed by atoms with Crippen molar-refractivity contribution >= 4 is 17.9 Å². The topological polar surface area (TPSA) is 52.9 Å². The second-order valence-electron chi connectivity index (χ2n) is 6.44. The van der Waals surface area contributed by atoms with E-state index in [0.717, 1.165) is 11.1 Å². The zero-order chi connectivity index (χ0) is 18.6. The van der Waals surface area contributed by atoms with Gasteiger partial charge in [-0.1, -0.05) is 60.7 Å². The van der Waals surface area contributed by atoms with Crippen LogP contribution in [0.15, 0.2) is 84.9 Å². The molecule has 0 aliphatic heterocycles. The van der Waals surface area contributed by atoms with Crippen LogP contribution in [0.25, 0.3) is 0 Å². The smallest absolute Gasteiger partial charge is 0.206 e. The van der Waals surface area contributed by atoms with Gasteiger partial charge in [-0.05, 0) is 49.2 Å². The maximum atomic E-state index is 14.2. The summed E-state index contributed by atoms with van der Waals surface area (Å²) in [5.41, 5.74) is 0.721. The van der Waals surface area contributed by atoms with Crippen molar-refractivity contribution < 1.29 is 4.57 Å². The fraction of sp³-hybridized carbons (Fsp3) is 0.136. The summed E-state index contributed by atoms with van der Waals surface area (Å²) in [6.07, 6.45) is 0. The van der Waals surface area contributed by atoms with E-state index in [1.54, 1.807) is 6.92 Å². The second kappa shape index (κ2) is 7.30. The fourth-order valence-electron chi connectivity index (χ4n) is 3.15. The van der Waals surface area contributed by atoms with Crippen molar-refractivity contribution in [2.45, 2.75) is 19.4 Å². The number of hydrogen-bond donors (Lipinski definition) is 1. The molecule has 1 N–H and O–H groups in total. The van der Waals surface area contributed by atoms with Crippen LogP contribution in [-0.2, 0) is 10.1 Å². The standard InChI is InChI=1S/C22H21N2OP/c1-18-11-9-10-16-21(18)22(2,17-23)24-26(25,19-12-5-3-6-13-19)20-14-7-4-8-15-20/h3-16H,1-2H3,(H,24,25)/t22-/m1/s1. The number of nitrogens with one attached hydrogen (secondary N) is 1.